The van der Waals surface area contributed by atoms with Crippen molar-refractivity contribution >= 4 is 5.97 Å². The predicted molar refractivity (Wildman–Crippen MR) is 111 cm³/mol. The van der Waals surface area contributed by atoms with E-state index < -0.39 is 5.97 Å². The predicted octanol–water partition coefficient (Wildman–Crippen LogP) is 5.85. The standard InChI is InChI=1S/C23H34O4/c1-7-8-9-10-17-18(13-11-15(2)3)22(27-6)19(14-12-16(4)5)21(24)20(17)23(25)26/h11-12,24H,7-10,13-14H2,1-6H3,(H,25,26). The molecule has 0 bridgehead atoms. The Hall–Kier alpha value is -2.23. The fourth-order valence-electron chi connectivity index (χ4n) is 3.19. The van der Waals surface area contributed by atoms with Crippen molar-refractivity contribution in [1.29, 1.82) is 0 Å². The maximum atomic E-state index is 12.0. The third-order valence-corrected chi connectivity index (χ3v) is 4.61. The van der Waals surface area contributed by atoms with E-state index in [0.717, 1.165) is 36.0 Å². The van der Waals surface area contributed by atoms with Gasteiger partial charge in [-0.15, -0.1) is 0 Å². The highest BCUT2D eigenvalue weighted by Crippen LogP contribution is 2.40. The molecular weight excluding hydrogens is 340 g/mol. The molecule has 0 radical (unpaired) electrons. The van der Waals surface area contributed by atoms with Gasteiger partial charge >= 0.3 is 5.97 Å². The summed E-state index contributed by atoms with van der Waals surface area (Å²) >= 11 is 0. The maximum Gasteiger partial charge on any atom is 0.339 e. The Morgan fingerprint density at radius 3 is 1.96 bits per heavy atom. The molecule has 0 amide bonds. The number of hydrogen-bond acceptors (Lipinski definition) is 3. The van der Waals surface area contributed by atoms with Crippen molar-refractivity contribution in [3.63, 3.8) is 0 Å². The Kier molecular flexibility index (Phi) is 9.13. The first-order chi connectivity index (χ1) is 12.7. The summed E-state index contributed by atoms with van der Waals surface area (Å²) in [5, 5.41) is 20.7. The largest absolute Gasteiger partial charge is 0.507 e. The van der Waals surface area contributed by atoms with Gasteiger partial charge in [0.25, 0.3) is 0 Å². The number of phenols is 1. The molecule has 0 heterocycles. The van der Waals surface area contributed by atoms with Crippen molar-refractivity contribution in [2.24, 2.45) is 0 Å². The second-order valence-electron chi connectivity index (χ2n) is 7.43. The number of benzene rings is 1. The monoisotopic (exact) mass is 374 g/mol. The van der Waals surface area contributed by atoms with E-state index >= 15 is 0 Å². The fourth-order valence-corrected chi connectivity index (χ4v) is 3.19. The lowest BCUT2D eigenvalue weighted by Crippen LogP contribution is -2.11. The van der Waals surface area contributed by atoms with Gasteiger partial charge in [0, 0.05) is 11.1 Å². The fraction of sp³-hybridized carbons (Fsp3) is 0.522. The number of hydrogen-bond donors (Lipinski definition) is 2. The first-order valence-corrected chi connectivity index (χ1v) is 9.68. The zero-order chi connectivity index (χ0) is 20.6. The topological polar surface area (TPSA) is 66.8 Å². The number of carboxylic acids is 1. The van der Waals surface area contributed by atoms with Gasteiger partial charge in [-0.2, -0.15) is 0 Å². The Bertz CT molecular complexity index is 719. The summed E-state index contributed by atoms with van der Waals surface area (Å²) in [5.41, 5.74) is 4.41. The number of unbranched alkanes of at least 4 members (excludes halogenated alkanes) is 2. The number of ether oxygens (including phenoxy) is 1. The number of aromatic hydroxyl groups is 1. The Balaban J connectivity index is 3.74. The van der Waals surface area contributed by atoms with Crippen molar-refractivity contribution in [2.75, 3.05) is 7.11 Å². The molecule has 4 heteroatoms. The van der Waals surface area contributed by atoms with Crippen molar-refractivity contribution in [3.05, 3.63) is 45.6 Å². The van der Waals surface area contributed by atoms with E-state index in [1.165, 1.54) is 0 Å². The van der Waals surface area contributed by atoms with Gasteiger partial charge in [-0.1, -0.05) is 43.1 Å². The lowest BCUT2D eigenvalue weighted by atomic mass is 9.88. The van der Waals surface area contributed by atoms with Gasteiger partial charge in [0.05, 0.1) is 7.11 Å². The van der Waals surface area contributed by atoms with Gasteiger partial charge in [0.15, 0.2) is 0 Å². The molecule has 0 atom stereocenters. The van der Waals surface area contributed by atoms with E-state index in [-0.39, 0.29) is 11.3 Å². The first-order valence-electron chi connectivity index (χ1n) is 9.68. The normalized spacial score (nSPS) is 10.4. The van der Waals surface area contributed by atoms with Gasteiger partial charge in [0.2, 0.25) is 0 Å². The van der Waals surface area contributed by atoms with Gasteiger partial charge in [-0.25, -0.2) is 4.79 Å². The third-order valence-electron chi connectivity index (χ3n) is 4.61. The number of carbonyl (C=O) groups is 1. The molecular formula is C23H34O4. The van der Waals surface area contributed by atoms with Crippen LogP contribution in [0.2, 0.25) is 0 Å². The van der Waals surface area contributed by atoms with Crippen molar-refractivity contribution in [3.8, 4) is 11.5 Å². The molecule has 2 N–H and O–H groups in total. The molecule has 150 valence electrons. The van der Waals surface area contributed by atoms with Gasteiger partial charge in [0.1, 0.15) is 17.1 Å². The average Bonchev–Trinajstić information content (AvgIpc) is 2.58. The number of rotatable bonds is 10. The summed E-state index contributed by atoms with van der Waals surface area (Å²) in [7, 11) is 1.59. The van der Waals surface area contributed by atoms with E-state index in [0.29, 0.717) is 36.1 Å². The van der Waals surface area contributed by atoms with Crippen molar-refractivity contribution in [1.82, 2.24) is 0 Å². The average molecular weight is 375 g/mol. The lowest BCUT2D eigenvalue weighted by molar-refractivity contribution is 0.0692. The summed E-state index contributed by atoms with van der Waals surface area (Å²) in [5.74, 6) is -0.637. The number of carboxylic acid groups (broad SMARTS) is 1. The summed E-state index contributed by atoms with van der Waals surface area (Å²) in [4.78, 5) is 12.0. The molecule has 4 nitrogen and oxygen atoms in total. The second kappa shape index (κ2) is 10.8. The highest BCUT2D eigenvalue weighted by Gasteiger charge is 2.26. The molecule has 0 saturated heterocycles. The Morgan fingerprint density at radius 2 is 1.52 bits per heavy atom. The summed E-state index contributed by atoms with van der Waals surface area (Å²) in [6.45, 7) is 10.1. The van der Waals surface area contributed by atoms with Crippen LogP contribution in [0.25, 0.3) is 0 Å². The molecule has 27 heavy (non-hydrogen) atoms. The van der Waals surface area contributed by atoms with E-state index in [1.807, 2.05) is 33.8 Å². The lowest BCUT2D eigenvalue weighted by Gasteiger charge is -2.21. The van der Waals surface area contributed by atoms with Crippen molar-refractivity contribution in [2.45, 2.75) is 73.1 Å². The zero-order valence-electron chi connectivity index (χ0n) is 17.6. The molecule has 0 aliphatic rings. The van der Waals surface area contributed by atoms with Gasteiger partial charge in [-0.3, -0.25) is 0 Å². The van der Waals surface area contributed by atoms with Gasteiger partial charge in [-0.05, 0) is 58.9 Å². The van der Waals surface area contributed by atoms with Crippen LogP contribution in [0, 0.1) is 0 Å². The van der Waals surface area contributed by atoms with Gasteiger partial charge < -0.3 is 14.9 Å². The molecule has 1 rings (SSSR count). The number of allylic oxidation sites excluding steroid dienone is 4. The van der Waals surface area contributed by atoms with E-state index in [2.05, 4.69) is 13.0 Å². The van der Waals surface area contributed by atoms with E-state index in [4.69, 9.17) is 4.74 Å². The molecule has 1 aromatic rings. The van der Waals surface area contributed by atoms with Crippen LogP contribution in [-0.4, -0.2) is 23.3 Å². The molecule has 1 aromatic carbocycles. The first kappa shape index (κ1) is 22.8. The Morgan fingerprint density at radius 1 is 0.963 bits per heavy atom. The quantitative estimate of drug-likeness (QED) is 0.398. The molecule has 0 unspecified atom stereocenters. The number of methoxy groups -OCH3 is 1. The summed E-state index contributed by atoms with van der Waals surface area (Å²) in [6.07, 6.45) is 8.66. The van der Waals surface area contributed by atoms with Crippen molar-refractivity contribution < 1.29 is 19.7 Å². The molecule has 0 saturated carbocycles. The second-order valence-corrected chi connectivity index (χ2v) is 7.43. The SMILES string of the molecule is CCCCCc1c(CC=C(C)C)c(OC)c(CC=C(C)C)c(O)c1C(=O)O. The van der Waals surface area contributed by atoms with Crippen LogP contribution in [0.1, 0.15) is 80.9 Å². The van der Waals surface area contributed by atoms with Crippen LogP contribution in [0.15, 0.2) is 23.3 Å². The van der Waals surface area contributed by atoms with Crippen LogP contribution < -0.4 is 4.74 Å². The highest BCUT2D eigenvalue weighted by molar-refractivity contribution is 5.94. The highest BCUT2D eigenvalue weighted by atomic mass is 16.5. The molecule has 0 aliphatic carbocycles. The molecule has 0 spiro atoms. The van der Waals surface area contributed by atoms with Crippen LogP contribution in [0.5, 0.6) is 11.5 Å². The van der Waals surface area contributed by atoms with E-state index in [1.54, 1.807) is 7.11 Å². The van der Waals surface area contributed by atoms with E-state index in [9.17, 15) is 15.0 Å². The maximum absolute atomic E-state index is 12.0. The summed E-state index contributed by atoms with van der Waals surface area (Å²) < 4.78 is 5.69. The zero-order valence-corrected chi connectivity index (χ0v) is 17.6. The molecule has 0 aromatic heterocycles. The smallest absolute Gasteiger partial charge is 0.339 e. The Labute approximate surface area is 163 Å². The molecule has 0 aliphatic heterocycles. The number of aromatic carboxylic acids is 1. The minimum atomic E-state index is -1.08. The minimum Gasteiger partial charge on any atom is -0.507 e. The summed E-state index contributed by atoms with van der Waals surface area (Å²) in [6, 6.07) is 0. The van der Waals surface area contributed by atoms with Crippen LogP contribution >= 0.6 is 0 Å². The van der Waals surface area contributed by atoms with Crippen LogP contribution in [-0.2, 0) is 19.3 Å². The minimum absolute atomic E-state index is 0.0289. The van der Waals surface area contributed by atoms with Crippen LogP contribution in [0.4, 0.5) is 0 Å². The third kappa shape index (κ3) is 6.16. The molecule has 0 fully saturated rings. The van der Waals surface area contributed by atoms with Crippen LogP contribution in [0.3, 0.4) is 0 Å².